The smallest absolute Gasteiger partial charge is 0.0471 e. The average Bonchev–Trinajstić information content (AvgIpc) is 2.73. The van der Waals surface area contributed by atoms with Gasteiger partial charge in [-0.05, 0) is 42.9 Å². The molecule has 0 heterocycles. The van der Waals surface area contributed by atoms with Crippen LogP contribution in [0.4, 0.5) is 0 Å². The van der Waals surface area contributed by atoms with E-state index in [4.69, 9.17) is 0 Å². The summed E-state index contributed by atoms with van der Waals surface area (Å²) in [5.74, 6) is 0.297. The quantitative estimate of drug-likeness (QED) is 0.895. The molecule has 1 aliphatic rings. The normalized spacial score (nSPS) is 22.2. The molecule has 94 valence electrons. The molecule has 1 aromatic rings. The number of fused-ring (bicyclic) bond motifs is 1. The van der Waals surface area contributed by atoms with Crippen LogP contribution in [0.5, 0.6) is 0 Å². The van der Waals surface area contributed by atoms with Crippen molar-refractivity contribution >= 4 is 15.9 Å². The Morgan fingerprint density at radius 3 is 2.94 bits per heavy atom. The predicted molar refractivity (Wildman–Crippen MR) is 74.1 cm³/mol. The van der Waals surface area contributed by atoms with E-state index in [1.165, 1.54) is 15.6 Å². The second-order valence-corrected chi connectivity index (χ2v) is 5.87. The lowest BCUT2D eigenvalue weighted by atomic mass is 10.0. The topological polar surface area (TPSA) is 32.3 Å². The highest BCUT2D eigenvalue weighted by atomic mass is 79.9. The van der Waals surface area contributed by atoms with Crippen molar-refractivity contribution in [3.63, 3.8) is 0 Å². The van der Waals surface area contributed by atoms with Crippen molar-refractivity contribution in [2.45, 2.75) is 38.8 Å². The highest BCUT2D eigenvalue weighted by Gasteiger charge is 2.26. The van der Waals surface area contributed by atoms with Crippen molar-refractivity contribution in [2.24, 2.45) is 5.92 Å². The number of aliphatic hydroxyl groups is 1. The maximum atomic E-state index is 9.17. The molecule has 3 heteroatoms. The molecular weight excluding hydrogens is 278 g/mol. The summed E-state index contributed by atoms with van der Waals surface area (Å²) in [6.45, 7) is 4.47. The minimum absolute atomic E-state index is 0.242. The van der Waals surface area contributed by atoms with Crippen molar-refractivity contribution in [2.75, 3.05) is 6.61 Å². The van der Waals surface area contributed by atoms with Gasteiger partial charge in [-0.3, -0.25) is 0 Å². The van der Waals surface area contributed by atoms with Crippen LogP contribution in [0.3, 0.4) is 0 Å². The highest BCUT2D eigenvalue weighted by molar-refractivity contribution is 9.10. The van der Waals surface area contributed by atoms with E-state index < -0.39 is 0 Å². The first kappa shape index (κ1) is 13.1. The van der Waals surface area contributed by atoms with Crippen LogP contribution in [0.1, 0.15) is 37.4 Å². The second-order valence-electron chi connectivity index (χ2n) is 5.01. The lowest BCUT2D eigenvalue weighted by molar-refractivity contribution is 0.200. The Bertz CT molecular complexity index is 394. The van der Waals surface area contributed by atoms with Crippen LogP contribution >= 0.6 is 15.9 Å². The van der Waals surface area contributed by atoms with Gasteiger partial charge in [0.05, 0.1) is 0 Å². The zero-order chi connectivity index (χ0) is 12.4. The summed E-state index contributed by atoms with van der Waals surface area (Å²) in [7, 11) is 0. The molecular formula is C14H20BrNO. The molecule has 2 rings (SSSR count). The maximum Gasteiger partial charge on any atom is 0.0471 e. The third-order valence-electron chi connectivity index (χ3n) is 3.82. The summed E-state index contributed by atoms with van der Waals surface area (Å²) in [5.41, 5.74) is 2.85. The largest absolute Gasteiger partial charge is 0.396 e. The van der Waals surface area contributed by atoms with Gasteiger partial charge >= 0.3 is 0 Å². The van der Waals surface area contributed by atoms with Gasteiger partial charge < -0.3 is 10.4 Å². The number of aliphatic hydroxyl groups excluding tert-OH is 1. The van der Waals surface area contributed by atoms with Gasteiger partial charge in [0.15, 0.2) is 0 Å². The molecule has 0 spiro atoms. The Morgan fingerprint density at radius 1 is 1.47 bits per heavy atom. The fraction of sp³-hybridized carbons (Fsp3) is 0.571. The molecule has 17 heavy (non-hydrogen) atoms. The molecule has 1 aliphatic carbocycles. The Hall–Kier alpha value is -0.380. The third kappa shape index (κ3) is 2.72. The van der Waals surface area contributed by atoms with E-state index >= 15 is 0 Å². The predicted octanol–water partition coefficient (Wildman–Crippen LogP) is 3.04. The van der Waals surface area contributed by atoms with Gasteiger partial charge in [-0.15, -0.1) is 0 Å². The van der Waals surface area contributed by atoms with Gasteiger partial charge in [0.1, 0.15) is 0 Å². The first-order chi connectivity index (χ1) is 8.13. The van der Waals surface area contributed by atoms with Crippen molar-refractivity contribution in [3.8, 4) is 0 Å². The molecule has 1 aromatic carbocycles. The molecule has 2 nitrogen and oxygen atoms in total. The van der Waals surface area contributed by atoms with Gasteiger partial charge in [-0.25, -0.2) is 0 Å². The monoisotopic (exact) mass is 297 g/mol. The standard InChI is InChI=1S/C14H20BrNO/c1-9(8-17)10(2)16-14-7-6-11-12(14)4-3-5-13(11)15/h3-5,9-10,14,16-17H,6-8H2,1-2H3. The number of nitrogens with one attached hydrogen (secondary N) is 1. The van der Waals surface area contributed by atoms with Gasteiger partial charge in [-0.1, -0.05) is 35.0 Å². The summed E-state index contributed by atoms with van der Waals surface area (Å²) in [4.78, 5) is 0. The zero-order valence-electron chi connectivity index (χ0n) is 10.4. The number of hydrogen-bond acceptors (Lipinski definition) is 2. The molecule has 0 aromatic heterocycles. The van der Waals surface area contributed by atoms with E-state index in [0.717, 1.165) is 12.8 Å². The van der Waals surface area contributed by atoms with Crippen LogP contribution in [0, 0.1) is 5.92 Å². The molecule has 3 atom stereocenters. The summed E-state index contributed by atoms with van der Waals surface area (Å²) >= 11 is 3.62. The third-order valence-corrected chi connectivity index (χ3v) is 4.56. The van der Waals surface area contributed by atoms with Gasteiger partial charge in [0.25, 0.3) is 0 Å². The Labute approximate surface area is 112 Å². The summed E-state index contributed by atoms with van der Waals surface area (Å²) in [5, 5.41) is 12.8. The number of hydrogen-bond donors (Lipinski definition) is 2. The lowest BCUT2D eigenvalue weighted by Gasteiger charge is -2.24. The zero-order valence-corrected chi connectivity index (χ0v) is 12.0. The summed E-state index contributed by atoms with van der Waals surface area (Å²) in [6, 6.07) is 7.20. The molecule has 0 fully saturated rings. The highest BCUT2D eigenvalue weighted by Crippen LogP contribution is 2.36. The summed E-state index contributed by atoms with van der Waals surface area (Å²) < 4.78 is 1.22. The molecule has 0 bridgehead atoms. The lowest BCUT2D eigenvalue weighted by Crippen LogP contribution is -2.36. The first-order valence-electron chi connectivity index (χ1n) is 6.27. The number of rotatable bonds is 4. The SMILES string of the molecule is CC(CO)C(C)NC1CCc2c(Br)cccc21. The first-order valence-corrected chi connectivity index (χ1v) is 7.07. The van der Waals surface area contributed by atoms with Crippen molar-refractivity contribution in [1.82, 2.24) is 5.32 Å². The second kappa shape index (κ2) is 5.51. The number of benzene rings is 1. The van der Waals surface area contributed by atoms with Crippen LogP contribution in [-0.2, 0) is 6.42 Å². The van der Waals surface area contributed by atoms with Gasteiger partial charge in [0.2, 0.25) is 0 Å². The van der Waals surface area contributed by atoms with Gasteiger partial charge in [0, 0.05) is 23.2 Å². The van der Waals surface area contributed by atoms with Crippen molar-refractivity contribution in [1.29, 1.82) is 0 Å². The molecule has 0 saturated carbocycles. The Morgan fingerprint density at radius 2 is 2.24 bits per heavy atom. The van der Waals surface area contributed by atoms with E-state index in [9.17, 15) is 5.11 Å². The summed E-state index contributed by atoms with van der Waals surface area (Å²) in [6.07, 6.45) is 2.29. The van der Waals surface area contributed by atoms with E-state index in [0.29, 0.717) is 18.0 Å². The minimum atomic E-state index is 0.242. The van der Waals surface area contributed by atoms with Crippen LogP contribution in [-0.4, -0.2) is 17.8 Å². The Balaban J connectivity index is 2.10. The van der Waals surface area contributed by atoms with Crippen LogP contribution in [0.15, 0.2) is 22.7 Å². The maximum absolute atomic E-state index is 9.17. The van der Waals surface area contributed by atoms with E-state index in [-0.39, 0.29) is 6.61 Å². The minimum Gasteiger partial charge on any atom is -0.396 e. The fourth-order valence-electron chi connectivity index (χ4n) is 2.42. The molecule has 3 unspecified atom stereocenters. The fourth-order valence-corrected chi connectivity index (χ4v) is 3.00. The van der Waals surface area contributed by atoms with Gasteiger partial charge in [-0.2, -0.15) is 0 Å². The molecule has 2 N–H and O–H groups in total. The van der Waals surface area contributed by atoms with E-state index in [1.807, 2.05) is 0 Å². The Kier molecular flexibility index (Phi) is 4.23. The van der Waals surface area contributed by atoms with E-state index in [2.05, 4.69) is 53.3 Å². The molecule has 0 radical (unpaired) electrons. The van der Waals surface area contributed by atoms with Crippen molar-refractivity contribution in [3.05, 3.63) is 33.8 Å². The number of halogens is 1. The van der Waals surface area contributed by atoms with Crippen LogP contribution in [0.25, 0.3) is 0 Å². The average molecular weight is 298 g/mol. The molecule has 0 aliphatic heterocycles. The van der Waals surface area contributed by atoms with Crippen molar-refractivity contribution < 1.29 is 5.11 Å². The molecule has 0 amide bonds. The van der Waals surface area contributed by atoms with E-state index in [1.54, 1.807) is 0 Å². The van der Waals surface area contributed by atoms with Crippen LogP contribution < -0.4 is 5.32 Å². The molecule has 0 saturated heterocycles. The van der Waals surface area contributed by atoms with Crippen LogP contribution in [0.2, 0.25) is 0 Å².